The van der Waals surface area contributed by atoms with Crippen LogP contribution in [0.5, 0.6) is 0 Å². The highest BCUT2D eigenvalue weighted by atomic mass is 16.2. The van der Waals surface area contributed by atoms with Crippen molar-refractivity contribution in [2.45, 2.75) is 70.9 Å². The summed E-state index contributed by atoms with van der Waals surface area (Å²) < 4.78 is 0. The maximum absolute atomic E-state index is 13.3. The largest absolute Gasteiger partial charge is 0.337 e. The second-order valence-electron chi connectivity index (χ2n) is 9.28. The highest BCUT2D eigenvalue weighted by Gasteiger charge is 2.39. The van der Waals surface area contributed by atoms with Crippen molar-refractivity contribution >= 4 is 11.8 Å². The Balaban J connectivity index is 1.70. The number of hydrogen-bond acceptors (Lipinski definition) is 4. The van der Waals surface area contributed by atoms with Crippen molar-refractivity contribution in [3.05, 3.63) is 60.2 Å². The van der Waals surface area contributed by atoms with Crippen molar-refractivity contribution in [2.24, 2.45) is 5.41 Å². The summed E-state index contributed by atoms with van der Waals surface area (Å²) in [5, 5.41) is 0. The number of amides is 2. The Kier molecular flexibility index (Phi) is 7.99. The minimum Gasteiger partial charge on any atom is -0.337 e. The van der Waals surface area contributed by atoms with Gasteiger partial charge in [0.1, 0.15) is 0 Å². The smallest absolute Gasteiger partial charge is 0.223 e. The molecule has 0 bridgehead atoms. The van der Waals surface area contributed by atoms with Gasteiger partial charge in [0, 0.05) is 39.3 Å². The van der Waals surface area contributed by atoms with Crippen molar-refractivity contribution in [3.63, 3.8) is 0 Å². The number of pyridine rings is 2. The molecule has 0 saturated heterocycles. The van der Waals surface area contributed by atoms with Crippen LogP contribution in [0.25, 0.3) is 0 Å². The molecule has 1 aliphatic rings. The summed E-state index contributed by atoms with van der Waals surface area (Å²) in [7, 11) is 3.69. The van der Waals surface area contributed by atoms with E-state index in [2.05, 4.69) is 9.97 Å². The maximum Gasteiger partial charge on any atom is 0.223 e. The zero-order valence-corrected chi connectivity index (χ0v) is 19.8. The Labute approximate surface area is 192 Å². The van der Waals surface area contributed by atoms with E-state index in [1.807, 2.05) is 64.3 Å². The lowest BCUT2D eigenvalue weighted by molar-refractivity contribution is -0.139. The standard InChI is InChI=1S/C26H36N4O2/c1-20(22-12-6-10-16-27-22)29(3)24(31)18-26(14-8-5-9-15-26)19-25(32)30(4)21(2)23-13-7-11-17-28-23/h6-7,10-13,16-17,20-21H,5,8-9,14-15,18-19H2,1-4H3. The Morgan fingerprint density at radius 2 is 1.25 bits per heavy atom. The number of nitrogens with zero attached hydrogens (tertiary/aromatic N) is 4. The molecule has 0 radical (unpaired) electrons. The summed E-state index contributed by atoms with van der Waals surface area (Å²) in [6, 6.07) is 11.3. The topological polar surface area (TPSA) is 66.4 Å². The molecule has 172 valence electrons. The average Bonchev–Trinajstić information content (AvgIpc) is 2.83. The summed E-state index contributed by atoms with van der Waals surface area (Å²) >= 11 is 0. The minimum atomic E-state index is -0.275. The second-order valence-corrected chi connectivity index (χ2v) is 9.28. The van der Waals surface area contributed by atoms with Crippen LogP contribution in [-0.2, 0) is 9.59 Å². The summed E-state index contributed by atoms with van der Waals surface area (Å²) in [4.78, 5) is 39.0. The Morgan fingerprint density at radius 3 is 1.62 bits per heavy atom. The van der Waals surface area contributed by atoms with E-state index in [1.165, 1.54) is 6.42 Å². The van der Waals surface area contributed by atoms with Gasteiger partial charge in [0.15, 0.2) is 0 Å². The first kappa shape index (κ1) is 23.9. The molecule has 0 N–H and O–H groups in total. The third-order valence-electron chi connectivity index (χ3n) is 7.15. The molecule has 6 heteroatoms. The first-order chi connectivity index (χ1) is 15.3. The van der Waals surface area contributed by atoms with Crippen LogP contribution in [0.2, 0.25) is 0 Å². The van der Waals surface area contributed by atoms with Gasteiger partial charge in [-0.25, -0.2) is 0 Å². The molecule has 2 atom stereocenters. The van der Waals surface area contributed by atoms with E-state index >= 15 is 0 Å². The number of carbonyl (C=O) groups excluding carboxylic acids is 2. The maximum atomic E-state index is 13.3. The van der Waals surface area contributed by atoms with E-state index < -0.39 is 0 Å². The Bertz CT molecular complexity index is 814. The summed E-state index contributed by atoms with van der Waals surface area (Å²) in [6.07, 6.45) is 9.46. The van der Waals surface area contributed by atoms with Gasteiger partial charge in [-0.05, 0) is 56.4 Å². The molecule has 1 fully saturated rings. The number of carbonyl (C=O) groups is 2. The van der Waals surface area contributed by atoms with Gasteiger partial charge in [0.05, 0.1) is 23.5 Å². The summed E-state index contributed by atoms with van der Waals surface area (Å²) in [5.41, 5.74) is 1.48. The lowest BCUT2D eigenvalue weighted by Gasteiger charge is -2.39. The fourth-order valence-electron chi connectivity index (χ4n) is 4.68. The normalized spacial score (nSPS) is 17.2. The van der Waals surface area contributed by atoms with Crippen LogP contribution in [0, 0.1) is 5.41 Å². The molecular formula is C26H36N4O2. The molecule has 2 aromatic rings. The van der Waals surface area contributed by atoms with Crippen LogP contribution in [0.4, 0.5) is 0 Å². The minimum absolute atomic E-state index is 0.0817. The highest BCUT2D eigenvalue weighted by Crippen LogP contribution is 2.43. The van der Waals surface area contributed by atoms with E-state index in [-0.39, 0.29) is 29.3 Å². The molecule has 0 aromatic carbocycles. The van der Waals surface area contributed by atoms with E-state index in [0.29, 0.717) is 12.8 Å². The molecule has 32 heavy (non-hydrogen) atoms. The Hall–Kier alpha value is -2.76. The van der Waals surface area contributed by atoms with Crippen LogP contribution in [0.15, 0.2) is 48.8 Å². The Morgan fingerprint density at radius 1 is 0.812 bits per heavy atom. The fourth-order valence-corrected chi connectivity index (χ4v) is 4.68. The second kappa shape index (κ2) is 10.7. The summed E-state index contributed by atoms with van der Waals surface area (Å²) in [6.45, 7) is 4.00. The zero-order chi connectivity index (χ0) is 23.1. The van der Waals surface area contributed by atoms with Crippen LogP contribution in [0.3, 0.4) is 0 Å². The number of rotatable bonds is 8. The molecule has 2 amide bonds. The molecule has 1 aliphatic carbocycles. The monoisotopic (exact) mass is 436 g/mol. The molecular weight excluding hydrogens is 400 g/mol. The van der Waals surface area contributed by atoms with E-state index in [9.17, 15) is 9.59 Å². The summed E-state index contributed by atoms with van der Waals surface area (Å²) in [5.74, 6) is 0.163. The quantitative estimate of drug-likeness (QED) is 0.587. The fraction of sp³-hybridized carbons (Fsp3) is 0.538. The SMILES string of the molecule is CC(c1ccccn1)N(C)C(=O)CC1(CC(=O)N(C)C(C)c2ccccn2)CCCCC1. The van der Waals surface area contributed by atoms with Crippen LogP contribution in [0.1, 0.15) is 82.3 Å². The van der Waals surface area contributed by atoms with E-state index in [0.717, 1.165) is 37.1 Å². The van der Waals surface area contributed by atoms with Crippen molar-refractivity contribution in [1.82, 2.24) is 19.8 Å². The van der Waals surface area contributed by atoms with Gasteiger partial charge in [-0.2, -0.15) is 0 Å². The van der Waals surface area contributed by atoms with Gasteiger partial charge in [0.25, 0.3) is 0 Å². The predicted molar refractivity (Wildman–Crippen MR) is 126 cm³/mol. The van der Waals surface area contributed by atoms with Crippen molar-refractivity contribution < 1.29 is 9.59 Å². The predicted octanol–water partition coefficient (Wildman–Crippen LogP) is 4.95. The average molecular weight is 437 g/mol. The van der Waals surface area contributed by atoms with E-state index in [4.69, 9.17) is 0 Å². The van der Waals surface area contributed by atoms with Crippen molar-refractivity contribution in [1.29, 1.82) is 0 Å². The van der Waals surface area contributed by atoms with Gasteiger partial charge >= 0.3 is 0 Å². The van der Waals surface area contributed by atoms with Gasteiger partial charge in [-0.3, -0.25) is 19.6 Å². The molecule has 2 unspecified atom stereocenters. The first-order valence-electron chi connectivity index (χ1n) is 11.7. The van der Waals surface area contributed by atoms with Gasteiger partial charge in [0.2, 0.25) is 11.8 Å². The molecule has 2 heterocycles. The molecule has 1 saturated carbocycles. The highest BCUT2D eigenvalue weighted by molar-refractivity contribution is 5.80. The van der Waals surface area contributed by atoms with Crippen molar-refractivity contribution in [3.8, 4) is 0 Å². The first-order valence-corrected chi connectivity index (χ1v) is 11.7. The van der Waals surface area contributed by atoms with Crippen LogP contribution in [-0.4, -0.2) is 45.7 Å². The number of hydrogen-bond donors (Lipinski definition) is 0. The molecule has 0 spiro atoms. The molecule has 3 rings (SSSR count). The lowest BCUT2D eigenvalue weighted by Crippen LogP contribution is -2.40. The van der Waals surface area contributed by atoms with Crippen molar-refractivity contribution in [2.75, 3.05) is 14.1 Å². The van der Waals surface area contributed by atoms with E-state index in [1.54, 1.807) is 22.2 Å². The zero-order valence-electron chi connectivity index (χ0n) is 19.8. The van der Waals surface area contributed by atoms with Gasteiger partial charge in [-0.1, -0.05) is 31.4 Å². The third-order valence-corrected chi connectivity index (χ3v) is 7.15. The molecule has 6 nitrogen and oxygen atoms in total. The van der Waals surface area contributed by atoms with Crippen LogP contribution >= 0.6 is 0 Å². The lowest BCUT2D eigenvalue weighted by atomic mass is 9.69. The third kappa shape index (κ3) is 5.72. The molecule has 0 aliphatic heterocycles. The van der Waals surface area contributed by atoms with Crippen LogP contribution < -0.4 is 0 Å². The van der Waals surface area contributed by atoms with Gasteiger partial charge < -0.3 is 9.80 Å². The van der Waals surface area contributed by atoms with Gasteiger partial charge in [-0.15, -0.1) is 0 Å². The molecule has 2 aromatic heterocycles. The number of aromatic nitrogens is 2.